The lowest BCUT2D eigenvalue weighted by Crippen LogP contribution is -2.08. The highest BCUT2D eigenvalue weighted by Crippen LogP contribution is 2.20. The fourth-order valence-electron chi connectivity index (χ4n) is 1.50. The van der Waals surface area contributed by atoms with E-state index in [-0.39, 0.29) is 5.56 Å². The highest BCUT2D eigenvalue weighted by atomic mass is 79.9. The number of hydrogen-bond donors (Lipinski definition) is 0. The molecule has 0 spiro atoms. The van der Waals surface area contributed by atoms with Crippen molar-refractivity contribution in [2.45, 2.75) is 0 Å². The van der Waals surface area contributed by atoms with Crippen LogP contribution in [0, 0.1) is 17.5 Å². The first kappa shape index (κ1) is 12.8. The van der Waals surface area contributed by atoms with Crippen LogP contribution in [0.4, 0.5) is 13.2 Å². The number of carbonyl (C=O) groups excluding carboxylic acids is 1. The third kappa shape index (κ3) is 2.46. The van der Waals surface area contributed by atoms with E-state index in [1.54, 1.807) is 12.1 Å². The lowest BCUT2D eigenvalue weighted by Gasteiger charge is -2.04. The predicted molar refractivity (Wildman–Crippen MR) is 63.9 cm³/mol. The standard InChI is InChI=1S/C13H6BrF3O/c14-8-3-1-7(2-4-8)13(18)12-10(16)5-9(15)6-11(12)17/h1-6H. The van der Waals surface area contributed by atoms with E-state index >= 15 is 0 Å². The zero-order chi connectivity index (χ0) is 13.3. The molecule has 0 fully saturated rings. The van der Waals surface area contributed by atoms with Gasteiger partial charge in [-0.15, -0.1) is 0 Å². The Morgan fingerprint density at radius 3 is 1.94 bits per heavy atom. The summed E-state index contributed by atoms with van der Waals surface area (Å²) in [6, 6.07) is 6.97. The average molecular weight is 315 g/mol. The summed E-state index contributed by atoms with van der Waals surface area (Å²) in [4.78, 5) is 11.9. The van der Waals surface area contributed by atoms with Gasteiger partial charge in [-0.3, -0.25) is 4.79 Å². The Balaban J connectivity index is 2.49. The van der Waals surface area contributed by atoms with E-state index in [4.69, 9.17) is 0 Å². The summed E-state index contributed by atoms with van der Waals surface area (Å²) < 4.78 is 40.3. The zero-order valence-corrected chi connectivity index (χ0v) is 10.5. The molecule has 5 heteroatoms. The second-order valence-electron chi connectivity index (χ2n) is 3.58. The Morgan fingerprint density at radius 2 is 1.44 bits per heavy atom. The van der Waals surface area contributed by atoms with Crippen molar-refractivity contribution in [2.75, 3.05) is 0 Å². The molecule has 1 nitrogen and oxygen atoms in total. The molecule has 2 rings (SSSR count). The van der Waals surface area contributed by atoms with Crippen LogP contribution in [-0.4, -0.2) is 5.78 Å². The largest absolute Gasteiger partial charge is 0.288 e. The number of rotatable bonds is 2. The molecule has 0 aromatic heterocycles. The summed E-state index contributed by atoms with van der Waals surface area (Å²) in [5, 5.41) is 0. The van der Waals surface area contributed by atoms with Crippen LogP contribution in [0.5, 0.6) is 0 Å². The minimum atomic E-state index is -1.21. The van der Waals surface area contributed by atoms with E-state index in [1.165, 1.54) is 12.1 Å². The molecule has 0 aliphatic rings. The van der Waals surface area contributed by atoms with Gasteiger partial charge in [-0.1, -0.05) is 15.9 Å². The van der Waals surface area contributed by atoms with Crippen LogP contribution in [0.2, 0.25) is 0 Å². The van der Waals surface area contributed by atoms with E-state index < -0.39 is 28.8 Å². The molecule has 0 saturated carbocycles. The Bertz CT molecular complexity index is 585. The van der Waals surface area contributed by atoms with Gasteiger partial charge in [0.15, 0.2) is 5.78 Å². The van der Waals surface area contributed by atoms with Crippen molar-refractivity contribution in [3.05, 3.63) is 69.4 Å². The summed E-state index contributed by atoms with van der Waals surface area (Å²) in [5.41, 5.74) is -0.624. The summed E-state index contributed by atoms with van der Waals surface area (Å²) in [7, 11) is 0. The van der Waals surface area contributed by atoms with Crippen molar-refractivity contribution in [1.29, 1.82) is 0 Å². The Morgan fingerprint density at radius 1 is 0.944 bits per heavy atom. The smallest absolute Gasteiger partial charge is 0.198 e. The van der Waals surface area contributed by atoms with Crippen LogP contribution in [0.15, 0.2) is 40.9 Å². The fraction of sp³-hybridized carbons (Fsp3) is 0. The third-order valence-electron chi connectivity index (χ3n) is 2.34. The molecule has 0 saturated heterocycles. The molecule has 0 aliphatic carbocycles. The van der Waals surface area contributed by atoms with Gasteiger partial charge < -0.3 is 0 Å². The summed E-state index contributed by atoms with van der Waals surface area (Å²) in [6.45, 7) is 0. The van der Waals surface area contributed by atoms with Crippen LogP contribution in [0.3, 0.4) is 0 Å². The maximum Gasteiger partial charge on any atom is 0.198 e. The van der Waals surface area contributed by atoms with Crippen molar-refractivity contribution >= 4 is 21.7 Å². The van der Waals surface area contributed by atoms with Gasteiger partial charge in [-0.05, 0) is 24.3 Å². The zero-order valence-electron chi connectivity index (χ0n) is 8.88. The van der Waals surface area contributed by atoms with Crippen LogP contribution < -0.4 is 0 Å². The molecule has 0 bridgehead atoms. The Labute approximate surface area is 109 Å². The molecule has 0 aliphatic heterocycles. The van der Waals surface area contributed by atoms with Crippen molar-refractivity contribution < 1.29 is 18.0 Å². The molecule has 0 unspecified atom stereocenters. The predicted octanol–water partition coefficient (Wildman–Crippen LogP) is 4.10. The molecule has 2 aromatic rings. The quantitative estimate of drug-likeness (QED) is 0.763. The molecule has 0 amide bonds. The van der Waals surface area contributed by atoms with Crippen LogP contribution in [-0.2, 0) is 0 Å². The van der Waals surface area contributed by atoms with Gasteiger partial charge in [-0.2, -0.15) is 0 Å². The van der Waals surface area contributed by atoms with E-state index in [2.05, 4.69) is 15.9 Å². The number of benzene rings is 2. The number of halogens is 4. The van der Waals surface area contributed by atoms with E-state index in [1.807, 2.05) is 0 Å². The maximum atomic E-state index is 13.4. The summed E-state index contributed by atoms with van der Waals surface area (Å²) in [5.74, 6) is -4.30. The van der Waals surface area contributed by atoms with Gasteiger partial charge in [0.2, 0.25) is 0 Å². The fourth-order valence-corrected chi connectivity index (χ4v) is 1.77. The molecule has 18 heavy (non-hydrogen) atoms. The van der Waals surface area contributed by atoms with Crippen molar-refractivity contribution in [3.63, 3.8) is 0 Å². The lowest BCUT2D eigenvalue weighted by molar-refractivity contribution is 0.103. The number of hydrogen-bond acceptors (Lipinski definition) is 1. The Hall–Kier alpha value is -1.62. The summed E-state index contributed by atoms with van der Waals surface area (Å²) in [6.07, 6.45) is 0. The third-order valence-corrected chi connectivity index (χ3v) is 2.87. The number of carbonyl (C=O) groups is 1. The van der Waals surface area contributed by atoms with Gasteiger partial charge in [0.25, 0.3) is 0 Å². The molecule has 0 N–H and O–H groups in total. The normalized spacial score (nSPS) is 10.4. The van der Waals surface area contributed by atoms with Crippen LogP contribution in [0.25, 0.3) is 0 Å². The van der Waals surface area contributed by atoms with Crippen LogP contribution in [0.1, 0.15) is 15.9 Å². The van der Waals surface area contributed by atoms with E-state index in [9.17, 15) is 18.0 Å². The van der Waals surface area contributed by atoms with Crippen molar-refractivity contribution in [2.24, 2.45) is 0 Å². The minimum Gasteiger partial charge on any atom is -0.288 e. The topological polar surface area (TPSA) is 17.1 Å². The molecule has 0 atom stereocenters. The van der Waals surface area contributed by atoms with Crippen molar-refractivity contribution in [3.8, 4) is 0 Å². The molecular formula is C13H6BrF3O. The first-order chi connectivity index (χ1) is 8.49. The number of ketones is 1. The van der Waals surface area contributed by atoms with Gasteiger partial charge in [0.1, 0.15) is 17.5 Å². The van der Waals surface area contributed by atoms with E-state index in [0.29, 0.717) is 12.1 Å². The van der Waals surface area contributed by atoms with Gasteiger partial charge in [0.05, 0.1) is 5.56 Å². The second-order valence-corrected chi connectivity index (χ2v) is 4.50. The van der Waals surface area contributed by atoms with Gasteiger partial charge in [-0.25, -0.2) is 13.2 Å². The second kappa shape index (κ2) is 4.94. The van der Waals surface area contributed by atoms with Gasteiger partial charge >= 0.3 is 0 Å². The lowest BCUT2D eigenvalue weighted by atomic mass is 10.0. The SMILES string of the molecule is O=C(c1ccc(Br)cc1)c1c(F)cc(F)cc1F. The highest BCUT2D eigenvalue weighted by molar-refractivity contribution is 9.10. The first-order valence-electron chi connectivity index (χ1n) is 4.94. The van der Waals surface area contributed by atoms with Crippen molar-refractivity contribution in [1.82, 2.24) is 0 Å². The molecule has 0 radical (unpaired) electrons. The minimum absolute atomic E-state index is 0.127. The summed E-state index contributed by atoms with van der Waals surface area (Å²) >= 11 is 3.18. The monoisotopic (exact) mass is 314 g/mol. The molecule has 2 aromatic carbocycles. The maximum absolute atomic E-state index is 13.4. The van der Waals surface area contributed by atoms with Crippen LogP contribution >= 0.6 is 15.9 Å². The van der Waals surface area contributed by atoms with Gasteiger partial charge in [0, 0.05) is 22.2 Å². The molecular weight excluding hydrogens is 309 g/mol. The van der Waals surface area contributed by atoms with E-state index in [0.717, 1.165) is 4.47 Å². The Kier molecular flexibility index (Phi) is 3.52. The molecule has 92 valence electrons. The molecule has 0 heterocycles. The highest BCUT2D eigenvalue weighted by Gasteiger charge is 2.20. The first-order valence-corrected chi connectivity index (χ1v) is 5.73. The average Bonchev–Trinajstić information content (AvgIpc) is 2.28.